The van der Waals surface area contributed by atoms with E-state index in [1.54, 1.807) is 6.92 Å². The maximum absolute atomic E-state index is 13.0. The molecule has 166 valence electrons. The largest absolute Gasteiger partial charge is 0.480 e. The number of aliphatic hydroxyl groups excluding tert-OH is 1. The maximum Gasteiger partial charge on any atom is 0.339 e. The summed E-state index contributed by atoms with van der Waals surface area (Å²) in [6.45, 7) is 6.58. The van der Waals surface area contributed by atoms with Crippen LogP contribution in [0.2, 0.25) is 0 Å². The first-order valence-electron chi connectivity index (χ1n) is 11.4. The summed E-state index contributed by atoms with van der Waals surface area (Å²) in [5.41, 5.74) is 2.99. The molecule has 3 heterocycles. The minimum absolute atomic E-state index is 0.0167. The number of carbonyl (C=O) groups is 1. The zero-order valence-electron chi connectivity index (χ0n) is 18.2. The molecule has 1 unspecified atom stereocenters. The molecule has 31 heavy (non-hydrogen) atoms. The van der Waals surface area contributed by atoms with E-state index in [4.69, 9.17) is 9.15 Å². The van der Waals surface area contributed by atoms with Crippen LogP contribution in [0.15, 0.2) is 21.3 Å². The standard InChI is InChI=1S/C24H30N2O5/c1-14-21(7-6-19-18-4-3-5-20(18)24(29)31-22(14)19)30-15(2)23(28)25-10-8-16(9-11-25)26-12-17(27)13-26/h6-7,15-17,27H,3-5,8-13H2,1-2H3. The topological polar surface area (TPSA) is 83.2 Å². The summed E-state index contributed by atoms with van der Waals surface area (Å²) in [7, 11) is 0. The zero-order valence-corrected chi connectivity index (χ0v) is 18.2. The molecule has 0 saturated carbocycles. The van der Waals surface area contributed by atoms with Crippen LogP contribution in [-0.4, -0.2) is 65.2 Å². The summed E-state index contributed by atoms with van der Waals surface area (Å²) >= 11 is 0. The van der Waals surface area contributed by atoms with Crippen molar-refractivity contribution in [1.82, 2.24) is 9.80 Å². The summed E-state index contributed by atoms with van der Waals surface area (Å²) < 4.78 is 11.7. The van der Waals surface area contributed by atoms with E-state index in [9.17, 15) is 14.7 Å². The molecule has 2 aromatic rings. The van der Waals surface area contributed by atoms with Gasteiger partial charge in [0, 0.05) is 48.7 Å². The van der Waals surface area contributed by atoms with Gasteiger partial charge in [0.2, 0.25) is 0 Å². The Morgan fingerprint density at radius 2 is 1.90 bits per heavy atom. The lowest BCUT2D eigenvalue weighted by atomic mass is 9.98. The number of hydrogen-bond acceptors (Lipinski definition) is 6. The zero-order chi connectivity index (χ0) is 21.7. The number of β-amino-alcohol motifs (C(OH)–C–C–N with tert-alkyl or cyclic N) is 1. The number of aliphatic hydroxyl groups is 1. The van der Waals surface area contributed by atoms with Crippen LogP contribution in [0.25, 0.3) is 11.0 Å². The van der Waals surface area contributed by atoms with Crippen molar-refractivity contribution >= 4 is 16.9 Å². The Morgan fingerprint density at radius 1 is 1.19 bits per heavy atom. The van der Waals surface area contributed by atoms with E-state index in [-0.39, 0.29) is 17.6 Å². The molecular formula is C24H30N2O5. The van der Waals surface area contributed by atoms with E-state index in [0.717, 1.165) is 67.3 Å². The molecule has 1 amide bonds. The van der Waals surface area contributed by atoms with Crippen LogP contribution in [0.3, 0.4) is 0 Å². The van der Waals surface area contributed by atoms with Gasteiger partial charge in [-0.25, -0.2) is 4.79 Å². The van der Waals surface area contributed by atoms with Crippen molar-refractivity contribution in [2.24, 2.45) is 0 Å². The van der Waals surface area contributed by atoms with E-state index in [0.29, 0.717) is 30.5 Å². The quantitative estimate of drug-likeness (QED) is 0.754. The average Bonchev–Trinajstić information content (AvgIpc) is 3.24. The number of likely N-dealkylation sites (tertiary alicyclic amines) is 2. The minimum Gasteiger partial charge on any atom is -0.480 e. The van der Waals surface area contributed by atoms with Crippen molar-refractivity contribution in [3.8, 4) is 5.75 Å². The number of benzene rings is 1. The van der Waals surface area contributed by atoms with E-state index in [2.05, 4.69) is 4.90 Å². The van der Waals surface area contributed by atoms with Gasteiger partial charge in [0.25, 0.3) is 5.91 Å². The second-order valence-electron chi connectivity index (χ2n) is 9.19. The van der Waals surface area contributed by atoms with E-state index in [1.807, 2.05) is 24.0 Å². The molecule has 2 fully saturated rings. The van der Waals surface area contributed by atoms with Gasteiger partial charge in [-0.1, -0.05) is 0 Å². The fourth-order valence-corrected chi connectivity index (χ4v) is 5.33. The number of ether oxygens (including phenoxy) is 1. The lowest BCUT2D eigenvalue weighted by Gasteiger charge is -2.45. The Morgan fingerprint density at radius 3 is 2.61 bits per heavy atom. The number of nitrogens with zero attached hydrogens (tertiary/aromatic N) is 2. The van der Waals surface area contributed by atoms with Crippen molar-refractivity contribution in [3.05, 3.63) is 39.2 Å². The van der Waals surface area contributed by atoms with Gasteiger partial charge in [0.05, 0.1) is 6.10 Å². The summed E-state index contributed by atoms with van der Waals surface area (Å²) in [6.07, 6.45) is 3.72. The van der Waals surface area contributed by atoms with Gasteiger partial charge < -0.3 is 19.2 Å². The monoisotopic (exact) mass is 426 g/mol. The number of piperidine rings is 1. The SMILES string of the molecule is Cc1c(OC(C)C(=O)N2CCC(N3CC(O)C3)CC2)ccc2c3c(c(=O)oc12)CCC3. The Bertz CT molecular complexity index is 1060. The number of fused-ring (bicyclic) bond motifs is 3. The molecule has 7 nitrogen and oxygen atoms in total. The highest BCUT2D eigenvalue weighted by atomic mass is 16.5. The molecule has 0 radical (unpaired) electrons. The number of amides is 1. The van der Waals surface area contributed by atoms with Crippen molar-refractivity contribution in [1.29, 1.82) is 0 Å². The number of rotatable bonds is 4. The molecule has 5 rings (SSSR count). The van der Waals surface area contributed by atoms with Crippen LogP contribution in [0.5, 0.6) is 5.75 Å². The van der Waals surface area contributed by atoms with Gasteiger partial charge in [0.1, 0.15) is 11.3 Å². The van der Waals surface area contributed by atoms with Gasteiger partial charge in [-0.3, -0.25) is 9.69 Å². The molecule has 3 aliphatic rings. The average molecular weight is 427 g/mol. The van der Waals surface area contributed by atoms with Crippen molar-refractivity contribution < 1.29 is 19.1 Å². The van der Waals surface area contributed by atoms with Crippen molar-refractivity contribution in [2.45, 2.75) is 64.2 Å². The van der Waals surface area contributed by atoms with Gasteiger partial charge >= 0.3 is 5.63 Å². The van der Waals surface area contributed by atoms with Crippen molar-refractivity contribution in [3.63, 3.8) is 0 Å². The van der Waals surface area contributed by atoms with Crippen LogP contribution in [-0.2, 0) is 17.6 Å². The molecule has 1 aliphatic carbocycles. The third-order valence-corrected chi connectivity index (χ3v) is 7.17. The molecule has 0 bridgehead atoms. The third-order valence-electron chi connectivity index (χ3n) is 7.17. The molecule has 7 heteroatoms. The molecular weight excluding hydrogens is 396 g/mol. The predicted molar refractivity (Wildman–Crippen MR) is 117 cm³/mol. The Labute approximate surface area is 181 Å². The highest BCUT2D eigenvalue weighted by Crippen LogP contribution is 2.33. The fourth-order valence-electron chi connectivity index (χ4n) is 5.33. The first-order valence-corrected chi connectivity index (χ1v) is 11.4. The molecule has 2 saturated heterocycles. The molecule has 1 atom stereocenters. The van der Waals surface area contributed by atoms with Gasteiger partial charge in [-0.15, -0.1) is 0 Å². The first-order chi connectivity index (χ1) is 14.9. The molecule has 1 N–H and O–H groups in total. The summed E-state index contributed by atoms with van der Waals surface area (Å²) in [4.78, 5) is 29.5. The molecule has 2 aliphatic heterocycles. The van der Waals surface area contributed by atoms with Crippen LogP contribution in [0.4, 0.5) is 0 Å². The second kappa shape index (κ2) is 7.95. The highest BCUT2D eigenvalue weighted by molar-refractivity contribution is 5.86. The number of aryl methyl sites for hydroxylation is 2. The lowest BCUT2D eigenvalue weighted by Crippen LogP contribution is -2.58. The lowest BCUT2D eigenvalue weighted by molar-refractivity contribution is -0.140. The highest BCUT2D eigenvalue weighted by Gasteiger charge is 2.35. The fraction of sp³-hybridized carbons (Fsp3) is 0.583. The van der Waals surface area contributed by atoms with Crippen LogP contribution >= 0.6 is 0 Å². The summed E-state index contributed by atoms with van der Waals surface area (Å²) in [5, 5.41) is 10.5. The van der Waals surface area contributed by atoms with E-state index >= 15 is 0 Å². The third kappa shape index (κ3) is 3.64. The number of hydrogen-bond donors (Lipinski definition) is 1. The molecule has 1 aromatic carbocycles. The molecule has 1 aromatic heterocycles. The van der Waals surface area contributed by atoms with Gasteiger partial charge in [-0.05, 0) is 63.6 Å². The predicted octanol–water partition coefficient (Wildman–Crippen LogP) is 2.02. The minimum atomic E-state index is -0.611. The second-order valence-corrected chi connectivity index (χ2v) is 9.19. The Hall–Kier alpha value is -2.38. The maximum atomic E-state index is 13.0. The van der Waals surface area contributed by atoms with Crippen molar-refractivity contribution in [2.75, 3.05) is 26.2 Å². The number of carbonyl (C=O) groups excluding carboxylic acids is 1. The Balaban J connectivity index is 1.27. The smallest absolute Gasteiger partial charge is 0.339 e. The van der Waals surface area contributed by atoms with Gasteiger partial charge in [-0.2, -0.15) is 0 Å². The summed E-state index contributed by atoms with van der Waals surface area (Å²) in [5.74, 6) is 0.566. The first kappa shape index (κ1) is 20.5. The van der Waals surface area contributed by atoms with Crippen LogP contribution in [0.1, 0.15) is 42.9 Å². The van der Waals surface area contributed by atoms with Crippen LogP contribution in [0, 0.1) is 6.92 Å². The Kier molecular flexibility index (Phi) is 5.26. The summed E-state index contributed by atoms with van der Waals surface area (Å²) in [6, 6.07) is 4.30. The van der Waals surface area contributed by atoms with E-state index < -0.39 is 6.10 Å². The van der Waals surface area contributed by atoms with Crippen LogP contribution < -0.4 is 10.4 Å². The van der Waals surface area contributed by atoms with Gasteiger partial charge in [0.15, 0.2) is 6.10 Å². The normalized spacial score (nSPS) is 21.2. The van der Waals surface area contributed by atoms with E-state index in [1.165, 1.54) is 0 Å². The molecule has 0 spiro atoms.